The van der Waals surface area contributed by atoms with Crippen LogP contribution in [0.25, 0.3) is 11.0 Å². The zero-order valence-electron chi connectivity index (χ0n) is 11.6. The summed E-state index contributed by atoms with van der Waals surface area (Å²) in [7, 11) is 0. The number of halogens is 1. The summed E-state index contributed by atoms with van der Waals surface area (Å²) in [5, 5.41) is 2.74. The van der Waals surface area contributed by atoms with E-state index < -0.39 is 17.6 Å². The lowest BCUT2D eigenvalue weighted by molar-refractivity contribution is -0.134. The molecule has 2 amide bonds. The highest BCUT2D eigenvalue weighted by atomic mass is 19.1. The summed E-state index contributed by atoms with van der Waals surface area (Å²) in [5.74, 6) is 3.73. The first-order valence-electron chi connectivity index (χ1n) is 6.84. The zero-order valence-corrected chi connectivity index (χ0v) is 11.6. The van der Waals surface area contributed by atoms with Gasteiger partial charge in [0, 0.05) is 23.4 Å². The Morgan fingerprint density at radius 1 is 1.41 bits per heavy atom. The third kappa shape index (κ3) is 2.47. The number of carbonyl (C=O) groups excluding carboxylic acids is 2. The van der Waals surface area contributed by atoms with Crippen molar-refractivity contribution < 1.29 is 18.4 Å². The summed E-state index contributed by atoms with van der Waals surface area (Å²) in [6, 6.07) is 4.35. The summed E-state index contributed by atoms with van der Waals surface area (Å²) >= 11 is 0. The Hall–Kier alpha value is -2.65. The van der Waals surface area contributed by atoms with Gasteiger partial charge in [0.1, 0.15) is 11.4 Å². The van der Waals surface area contributed by atoms with Crippen LogP contribution >= 0.6 is 0 Å². The predicted molar refractivity (Wildman–Crippen MR) is 77.2 cm³/mol. The topological polar surface area (TPSA) is 85.3 Å². The number of benzene rings is 1. The Morgan fingerprint density at radius 3 is 2.95 bits per heavy atom. The van der Waals surface area contributed by atoms with Crippen molar-refractivity contribution in [2.45, 2.75) is 18.8 Å². The van der Waals surface area contributed by atoms with Crippen LogP contribution in [0, 0.1) is 17.7 Å². The second-order valence-corrected chi connectivity index (χ2v) is 4.99. The minimum atomic E-state index is -0.714. The number of hydrogen-bond donors (Lipinski definition) is 2. The molecule has 6 heteroatoms. The number of fused-ring (bicyclic) bond motifs is 1. The Morgan fingerprint density at radius 2 is 2.23 bits per heavy atom. The molecule has 1 fully saturated rings. The smallest absolute Gasteiger partial charge is 0.234 e. The quantitative estimate of drug-likeness (QED) is 0.616. The van der Waals surface area contributed by atoms with E-state index in [1.54, 1.807) is 6.07 Å². The van der Waals surface area contributed by atoms with Gasteiger partial charge in [-0.15, -0.1) is 0 Å². The highest BCUT2D eigenvalue weighted by molar-refractivity contribution is 6.02. The Kier molecular flexibility index (Phi) is 3.65. The molecule has 0 radical (unpaired) electrons. The summed E-state index contributed by atoms with van der Waals surface area (Å²) in [6.45, 7) is 0.186. The van der Waals surface area contributed by atoms with E-state index in [-0.39, 0.29) is 30.9 Å². The van der Waals surface area contributed by atoms with E-state index in [0.29, 0.717) is 16.7 Å². The van der Waals surface area contributed by atoms with Crippen molar-refractivity contribution in [3.8, 4) is 11.8 Å². The van der Waals surface area contributed by atoms with Crippen LogP contribution in [0.5, 0.6) is 0 Å². The fourth-order valence-corrected chi connectivity index (χ4v) is 2.63. The molecular weight excluding hydrogens is 287 g/mol. The van der Waals surface area contributed by atoms with Crippen LogP contribution in [-0.4, -0.2) is 18.4 Å². The van der Waals surface area contributed by atoms with Crippen LogP contribution in [0.4, 0.5) is 4.39 Å². The lowest BCUT2D eigenvalue weighted by Crippen LogP contribution is -2.39. The zero-order chi connectivity index (χ0) is 15.7. The van der Waals surface area contributed by atoms with Gasteiger partial charge in [-0.05, 0) is 24.5 Å². The average molecular weight is 300 g/mol. The highest BCUT2D eigenvalue weighted by Gasteiger charge is 2.32. The molecule has 1 aliphatic rings. The van der Waals surface area contributed by atoms with E-state index in [0.717, 1.165) is 0 Å². The molecule has 0 bridgehead atoms. The van der Waals surface area contributed by atoms with Crippen LogP contribution in [0.2, 0.25) is 0 Å². The number of rotatable bonds is 1. The number of piperidine rings is 1. The molecule has 1 saturated heterocycles. The molecule has 0 saturated carbocycles. The van der Waals surface area contributed by atoms with E-state index in [4.69, 9.17) is 10.2 Å². The largest absolute Gasteiger partial charge is 0.448 e. The minimum absolute atomic E-state index is 0.184. The van der Waals surface area contributed by atoms with Gasteiger partial charge in [0.05, 0.1) is 12.5 Å². The van der Waals surface area contributed by atoms with Gasteiger partial charge < -0.3 is 10.2 Å². The molecule has 22 heavy (non-hydrogen) atoms. The number of nitrogens with two attached hydrogens (primary N) is 1. The molecule has 0 spiro atoms. The first-order chi connectivity index (χ1) is 10.6. The third-order valence-corrected chi connectivity index (χ3v) is 3.59. The number of furan rings is 1. The van der Waals surface area contributed by atoms with Gasteiger partial charge in [-0.1, -0.05) is 5.92 Å². The fourth-order valence-electron chi connectivity index (χ4n) is 2.63. The molecule has 5 nitrogen and oxygen atoms in total. The van der Waals surface area contributed by atoms with Gasteiger partial charge in [0.25, 0.3) is 0 Å². The SMILES string of the molecule is NCC#Cc1cc2c(C3CCC(=O)NC3=O)c(F)ccc2o1. The van der Waals surface area contributed by atoms with Gasteiger partial charge in [-0.2, -0.15) is 0 Å². The molecule has 1 aromatic carbocycles. The van der Waals surface area contributed by atoms with Crippen LogP contribution in [0.3, 0.4) is 0 Å². The summed E-state index contributed by atoms with van der Waals surface area (Å²) in [6.07, 6.45) is 0.458. The summed E-state index contributed by atoms with van der Waals surface area (Å²) in [5.41, 5.74) is 6.00. The molecule has 1 unspecified atom stereocenters. The Bertz CT molecular complexity index is 829. The van der Waals surface area contributed by atoms with E-state index in [1.807, 2.05) is 0 Å². The molecule has 2 aromatic rings. The highest BCUT2D eigenvalue weighted by Crippen LogP contribution is 2.34. The van der Waals surface area contributed by atoms with Crippen molar-refractivity contribution in [1.82, 2.24) is 5.32 Å². The Labute approximate surface area is 125 Å². The predicted octanol–water partition coefficient (Wildman–Crippen LogP) is 1.40. The molecular formula is C16H13FN2O3. The van der Waals surface area contributed by atoms with Gasteiger partial charge >= 0.3 is 0 Å². The van der Waals surface area contributed by atoms with Crippen molar-refractivity contribution in [2.24, 2.45) is 5.73 Å². The van der Waals surface area contributed by atoms with Crippen LogP contribution in [0.15, 0.2) is 22.6 Å². The van der Waals surface area contributed by atoms with Gasteiger partial charge in [0.15, 0.2) is 5.76 Å². The minimum Gasteiger partial charge on any atom is -0.448 e. The number of carbonyl (C=O) groups is 2. The summed E-state index contributed by atoms with van der Waals surface area (Å²) < 4.78 is 19.8. The molecule has 2 heterocycles. The van der Waals surface area contributed by atoms with Crippen LogP contribution in [-0.2, 0) is 9.59 Å². The first-order valence-corrected chi connectivity index (χ1v) is 6.84. The lowest BCUT2D eigenvalue weighted by atomic mass is 9.88. The van der Waals surface area contributed by atoms with Crippen LogP contribution < -0.4 is 11.1 Å². The van der Waals surface area contributed by atoms with E-state index in [1.165, 1.54) is 12.1 Å². The van der Waals surface area contributed by atoms with Gasteiger partial charge in [-0.3, -0.25) is 14.9 Å². The van der Waals surface area contributed by atoms with Crippen molar-refractivity contribution in [3.05, 3.63) is 35.3 Å². The van der Waals surface area contributed by atoms with Crippen molar-refractivity contribution in [3.63, 3.8) is 0 Å². The van der Waals surface area contributed by atoms with E-state index in [9.17, 15) is 14.0 Å². The number of nitrogens with one attached hydrogen (secondary N) is 1. The van der Waals surface area contributed by atoms with E-state index in [2.05, 4.69) is 17.2 Å². The lowest BCUT2D eigenvalue weighted by Gasteiger charge is -2.21. The molecule has 1 atom stereocenters. The molecule has 3 rings (SSSR count). The molecule has 1 aromatic heterocycles. The maximum absolute atomic E-state index is 14.3. The van der Waals surface area contributed by atoms with Crippen molar-refractivity contribution >= 4 is 22.8 Å². The number of imide groups is 1. The second-order valence-electron chi connectivity index (χ2n) is 4.99. The summed E-state index contributed by atoms with van der Waals surface area (Å²) in [4.78, 5) is 23.3. The number of hydrogen-bond acceptors (Lipinski definition) is 4. The van der Waals surface area contributed by atoms with Crippen molar-refractivity contribution in [1.29, 1.82) is 0 Å². The normalized spacial score (nSPS) is 18.0. The van der Waals surface area contributed by atoms with Crippen molar-refractivity contribution in [2.75, 3.05) is 6.54 Å². The number of amides is 2. The molecule has 0 aliphatic carbocycles. The first kappa shape index (κ1) is 14.3. The van der Waals surface area contributed by atoms with Gasteiger partial charge in [-0.25, -0.2) is 4.39 Å². The second kappa shape index (κ2) is 5.62. The van der Waals surface area contributed by atoms with E-state index >= 15 is 0 Å². The Balaban J connectivity index is 2.11. The van der Waals surface area contributed by atoms with Crippen LogP contribution in [0.1, 0.15) is 30.1 Å². The fraction of sp³-hybridized carbons (Fsp3) is 0.250. The third-order valence-electron chi connectivity index (χ3n) is 3.59. The molecule has 3 N–H and O–H groups in total. The maximum atomic E-state index is 14.3. The molecule has 1 aliphatic heterocycles. The standard InChI is InChI=1S/C16H13FN2O3/c17-12-4-5-13-11(8-9(22-13)2-1-7-18)15(12)10-3-6-14(20)19-16(10)21/h4-5,8,10H,3,6-7,18H2,(H,19,20,21). The molecule has 112 valence electrons. The monoisotopic (exact) mass is 300 g/mol. The maximum Gasteiger partial charge on any atom is 0.234 e. The average Bonchev–Trinajstić information content (AvgIpc) is 2.89. The van der Waals surface area contributed by atoms with Gasteiger partial charge in [0.2, 0.25) is 11.8 Å².